The smallest absolute Gasteiger partial charge is 0.345 e. The fourth-order valence-electron chi connectivity index (χ4n) is 7.42. The zero-order chi connectivity index (χ0) is 25.1. The van der Waals surface area contributed by atoms with E-state index < -0.39 is 17.9 Å². The van der Waals surface area contributed by atoms with E-state index in [9.17, 15) is 14.7 Å². The first-order valence-corrected chi connectivity index (χ1v) is 12.2. The van der Waals surface area contributed by atoms with Gasteiger partial charge in [0.25, 0.3) is 0 Å². The van der Waals surface area contributed by atoms with E-state index in [0.29, 0.717) is 41.3 Å². The van der Waals surface area contributed by atoms with Gasteiger partial charge in [-0.3, -0.25) is 4.79 Å². The molecule has 0 spiro atoms. The van der Waals surface area contributed by atoms with Crippen molar-refractivity contribution in [3.8, 4) is 11.5 Å². The number of rotatable bonds is 6. The summed E-state index contributed by atoms with van der Waals surface area (Å²) in [4.78, 5) is 24.8. The quantitative estimate of drug-likeness (QED) is 0.458. The molecule has 7 heteroatoms. The number of cyclic esters (lactones) is 1. The molecule has 1 aromatic carbocycles. The van der Waals surface area contributed by atoms with Crippen LogP contribution < -0.4 is 9.47 Å². The Morgan fingerprint density at radius 3 is 2.44 bits per heavy atom. The molecule has 1 heterocycles. The van der Waals surface area contributed by atoms with Crippen molar-refractivity contribution in [3.05, 3.63) is 22.3 Å². The monoisotopic (exact) mass is 474 g/mol. The number of benzene rings is 1. The van der Waals surface area contributed by atoms with Crippen molar-refractivity contribution in [1.29, 1.82) is 0 Å². The van der Waals surface area contributed by atoms with Crippen LogP contribution >= 0.6 is 0 Å². The van der Waals surface area contributed by atoms with Crippen LogP contribution in [0.3, 0.4) is 0 Å². The summed E-state index contributed by atoms with van der Waals surface area (Å²) in [6.45, 7) is 10.9. The molecular weight excluding hydrogens is 436 g/mol. The number of carbonyl (C=O) groups excluding carboxylic acids is 2. The van der Waals surface area contributed by atoms with Gasteiger partial charge in [-0.05, 0) is 56.3 Å². The van der Waals surface area contributed by atoms with E-state index in [2.05, 4.69) is 20.8 Å². The first kappa shape index (κ1) is 25.0. The number of ether oxygens (including phenoxy) is 4. The Hall–Kier alpha value is -2.12. The largest absolute Gasteiger partial charge is 0.495 e. The number of esters is 1. The minimum absolute atomic E-state index is 0.0896. The molecule has 1 N–H and O–H groups in total. The summed E-state index contributed by atoms with van der Waals surface area (Å²) in [5, 5.41) is 11.5. The lowest BCUT2D eigenvalue weighted by molar-refractivity contribution is -0.176. The van der Waals surface area contributed by atoms with E-state index in [-0.39, 0.29) is 34.5 Å². The van der Waals surface area contributed by atoms with E-state index in [1.165, 1.54) is 20.6 Å². The van der Waals surface area contributed by atoms with E-state index in [0.717, 1.165) is 19.3 Å². The highest BCUT2D eigenvalue weighted by molar-refractivity contribution is 6.02. The van der Waals surface area contributed by atoms with Crippen LogP contribution in [0.5, 0.6) is 11.5 Å². The average Bonchev–Trinajstić information content (AvgIpc) is 3.08. The lowest BCUT2D eigenvalue weighted by atomic mass is 9.46. The van der Waals surface area contributed by atoms with Gasteiger partial charge in [0.1, 0.15) is 17.1 Å². The van der Waals surface area contributed by atoms with Crippen LogP contribution in [0.2, 0.25) is 0 Å². The predicted octanol–water partition coefficient (Wildman–Crippen LogP) is 5.00. The maximum Gasteiger partial charge on any atom is 0.345 e. The van der Waals surface area contributed by atoms with Gasteiger partial charge in [-0.2, -0.15) is 0 Å². The van der Waals surface area contributed by atoms with Gasteiger partial charge in [0.15, 0.2) is 6.29 Å². The minimum atomic E-state index is -1.00. The molecule has 2 aliphatic carbocycles. The summed E-state index contributed by atoms with van der Waals surface area (Å²) in [7, 11) is 2.89. The first-order valence-electron chi connectivity index (χ1n) is 12.2. The van der Waals surface area contributed by atoms with Gasteiger partial charge in [-0.25, -0.2) is 4.79 Å². The normalized spacial score (nSPS) is 34.1. The predicted molar refractivity (Wildman–Crippen MR) is 126 cm³/mol. The van der Waals surface area contributed by atoms with Crippen molar-refractivity contribution >= 4 is 12.3 Å². The topological polar surface area (TPSA) is 91.3 Å². The lowest BCUT2D eigenvalue weighted by Crippen LogP contribution is -2.59. The Morgan fingerprint density at radius 2 is 1.82 bits per heavy atom. The Kier molecular flexibility index (Phi) is 6.26. The highest BCUT2D eigenvalue weighted by Crippen LogP contribution is 2.62. The maximum absolute atomic E-state index is 12.5. The van der Waals surface area contributed by atoms with Gasteiger partial charge in [-0.15, -0.1) is 0 Å². The number of aldehydes is 1. The van der Waals surface area contributed by atoms with E-state index in [4.69, 9.17) is 18.9 Å². The molecule has 0 saturated heterocycles. The van der Waals surface area contributed by atoms with Crippen LogP contribution in [-0.2, 0) is 9.47 Å². The third-order valence-corrected chi connectivity index (χ3v) is 9.06. The molecule has 2 saturated carbocycles. The molecule has 188 valence electrons. The van der Waals surface area contributed by atoms with Crippen molar-refractivity contribution in [1.82, 2.24) is 0 Å². The Balaban J connectivity index is 1.76. The van der Waals surface area contributed by atoms with E-state index in [1.54, 1.807) is 6.92 Å². The van der Waals surface area contributed by atoms with Gasteiger partial charge in [-0.1, -0.05) is 27.2 Å². The van der Waals surface area contributed by atoms with Crippen molar-refractivity contribution in [2.45, 2.75) is 78.6 Å². The van der Waals surface area contributed by atoms with Crippen LogP contribution in [0, 0.1) is 29.6 Å². The van der Waals surface area contributed by atoms with Crippen LogP contribution in [0.25, 0.3) is 0 Å². The van der Waals surface area contributed by atoms with E-state index in [1.807, 2.05) is 6.92 Å². The number of hydrogen-bond donors (Lipinski definition) is 1. The molecule has 7 nitrogen and oxygen atoms in total. The first-order chi connectivity index (χ1) is 15.9. The van der Waals surface area contributed by atoms with Gasteiger partial charge in [0, 0.05) is 18.6 Å². The molecule has 5 unspecified atom stereocenters. The maximum atomic E-state index is 12.5. The summed E-state index contributed by atoms with van der Waals surface area (Å²) in [6, 6.07) is 0. The van der Waals surface area contributed by atoms with Crippen LogP contribution in [-0.4, -0.2) is 43.8 Å². The molecule has 0 amide bonds. The number of hydrogen-bond acceptors (Lipinski definition) is 7. The third-order valence-electron chi connectivity index (χ3n) is 9.06. The number of methoxy groups -OCH3 is 2. The molecule has 5 atom stereocenters. The van der Waals surface area contributed by atoms with Crippen LogP contribution in [0.1, 0.15) is 97.9 Å². The average molecular weight is 475 g/mol. The summed E-state index contributed by atoms with van der Waals surface area (Å²) in [6.07, 6.45) is 4.73. The van der Waals surface area contributed by atoms with Gasteiger partial charge in [0.2, 0.25) is 6.29 Å². The van der Waals surface area contributed by atoms with Crippen molar-refractivity contribution in [2.24, 2.45) is 22.7 Å². The molecule has 4 rings (SSSR count). The molecule has 2 fully saturated rings. The van der Waals surface area contributed by atoms with Crippen molar-refractivity contribution in [3.63, 3.8) is 0 Å². The van der Waals surface area contributed by atoms with Gasteiger partial charge < -0.3 is 24.1 Å². The Morgan fingerprint density at radius 1 is 1.12 bits per heavy atom. The highest BCUT2D eigenvalue weighted by Gasteiger charge is 2.58. The standard InChI is InChI=1S/C27H38O7/c1-15-21(16(13-28)19-20(22(15)31-6)23(29)34-24(19)32-7)33-14-18-26(4)11-8-10-25(2,3)17(26)9-12-27(18,5)30/h13,17-18,24,30H,8-12,14H2,1-7H3. The third kappa shape index (κ3) is 3.63. The molecule has 0 bridgehead atoms. The SMILES string of the molecule is COc1c(C)c(OCC2C(C)(O)CCC3C(C)(C)CCCC32C)c(C=O)c2c1C(=O)OC2OC. The second kappa shape index (κ2) is 8.52. The summed E-state index contributed by atoms with van der Waals surface area (Å²) in [5.41, 5.74) is 0.540. The zero-order valence-electron chi connectivity index (χ0n) is 21.4. The zero-order valence-corrected chi connectivity index (χ0v) is 21.4. The second-order valence-electron chi connectivity index (χ2n) is 11.4. The molecule has 34 heavy (non-hydrogen) atoms. The Bertz CT molecular complexity index is 995. The molecule has 1 aromatic rings. The molecule has 0 aromatic heterocycles. The van der Waals surface area contributed by atoms with Gasteiger partial charge in [0.05, 0.1) is 30.4 Å². The van der Waals surface area contributed by atoms with Crippen molar-refractivity contribution < 1.29 is 33.6 Å². The van der Waals surface area contributed by atoms with E-state index >= 15 is 0 Å². The lowest BCUT2D eigenvalue weighted by Gasteiger charge is -2.61. The molecule has 3 aliphatic rings. The summed E-state index contributed by atoms with van der Waals surface area (Å²) in [5.74, 6) is 0.438. The number of carbonyl (C=O) groups is 2. The Labute approximate surface area is 202 Å². The molecular formula is C27H38O7. The number of fused-ring (bicyclic) bond motifs is 2. The second-order valence-corrected chi connectivity index (χ2v) is 11.4. The summed E-state index contributed by atoms with van der Waals surface area (Å²) < 4.78 is 22.6. The fourth-order valence-corrected chi connectivity index (χ4v) is 7.42. The van der Waals surface area contributed by atoms with Gasteiger partial charge >= 0.3 is 5.97 Å². The highest BCUT2D eigenvalue weighted by atomic mass is 16.7. The number of aliphatic hydroxyl groups is 1. The van der Waals surface area contributed by atoms with Crippen LogP contribution in [0.4, 0.5) is 0 Å². The molecule has 1 aliphatic heterocycles. The minimum Gasteiger partial charge on any atom is -0.495 e. The van der Waals surface area contributed by atoms with Crippen LogP contribution in [0.15, 0.2) is 0 Å². The molecule has 0 radical (unpaired) electrons. The fraction of sp³-hybridized carbons (Fsp3) is 0.704. The van der Waals surface area contributed by atoms with Crippen molar-refractivity contribution in [2.75, 3.05) is 20.8 Å². The summed E-state index contributed by atoms with van der Waals surface area (Å²) >= 11 is 0.